The molecule has 0 unspecified atom stereocenters. The van der Waals surface area contributed by atoms with Gasteiger partial charge in [-0.1, -0.05) is 50.3 Å². The summed E-state index contributed by atoms with van der Waals surface area (Å²) in [6, 6.07) is 9.83. The second kappa shape index (κ2) is 12.3. The first-order valence-corrected chi connectivity index (χ1v) is 10.6. The van der Waals surface area contributed by atoms with Gasteiger partial charge in [0, 0.05) is 24.4 Å². The number of benzene rings is 1. The first-order chi connectivity index (χ1) is 14.1. The lowest BCUT2D eigenvalue weighted by atomic mass is 9.87. The summed E-state index contributed by atoms with van der Waals surface area (Å²) in [6.45, 7) is 10.8. The van der Waals surface area contributed by atoms with E-state index in [0.29, 0.717) is 25.1 Å². The van der Waals surface area contributed by atoms with Gasteiger partial charge in [-0.25, -0.2) is 4.79 Å². The molecular weight excluding hydrogens is 364 g/mol. The van der Waals surface area contributed by atoms with Gasteiger partial charge >= 0.3 is 5.97 Å². The van der Waals surface area contributed by atoms with Gasteiger partial charge in [0.25, 0.3) is 0 Å². The monoisotopic (exact) mass is 398 g/mol. The summed E-state index contributed by atoms with van der Waals surface area (Å²) in [6.07, 6.45) is 7.81. The number of aliphatic imine (C=N–C) groups is 1. The lowest BCUT2D eigenvalue weighted by Gasteiger charge is -2.36. The van der Waals surface area contributed by atoms with Crippen LogP contribution in [0.25, 0.3) is 0 Å². The van der Waals surface area contributed by atoms with E-state index < -0.39 is 0 Å². The van der Waals surface area contributed by atoms with Crippen molar-refractivity contribution in [2.24, 2.45) is 4.99 Å². The number of hydrogen-bond donors (Lipinski definition) is 1. The highest BCUT2D eigenvalue weighted by atomic mass is 16.5. The van der Waals surface area contributed by atoms with Crippen LogP contribution in [-0.4, -0.2) is 49.6 Å². The van der Waals surface area contributed by atoms with Crippen LogP contribution in [0, 0.1) is 0 Å². The van der Waals surface area contributed by atoms with E-state index in [-0.39, 0.29) is 30.3 Å². The third-order valence-electron chi connectivity index (χ3n) is 5.07. The molecule has 0 saturated heterocycles. The van der Waals surface area contributed by atoms with E-state index in [2.05, 4.69) is 25.7 Å². The van der Waals surface area contributed by atoms with Crippen molar-refractivity contribution in [1.29, 1.82) is 0 Å². The molecule has 0 spiro atoms. The molecule has 0 bridgehead atoms. The molecule has 0 amide bonds. The molecule has 1 aromatic rings. The van der Waals surface area contributed by atoms with Gasteiger partial charge in [0.15, 0.2) is 0 Å². The Bertz CT molecular complexity index is 695. The maximum Gasteiger partial charge on any atom is 0.333 e. The number of esters is 1. The fourth-order valence-electron chi connectivity index (χ4n) is 3.48. The largest absolute Gasteiger partial charge is 0.463 e. The van der Waals surface area contributed by atoms with Crippen molar-refractivity contribution in [3.63, 3.8) is 0 Å². The molecule has 5 nitrogen and oxygen atoms in total. The zero-order chi connectivity index (χ0) is 21.1. The molecule has 5 heteroatoms. The number of rotatable bonds is 11. The Morgan fingerprint density at radius 1 is 1.28 bits per heavy atom. The normalized spacial score (nSPS) is 21.9. The fraction of sp³-hybridized carbons (Fsp3) is 0.500. The Kier molecular flexibility index (Phi) is 9.81. The highest BCUT2D eigenvalue weighted by molar-refractivity contribution is 5.89. The zero-order valence-electron chi connectivity index (χ0n) is 17.8. The summed E-state index contributed by atoms with van der Waals surface area (Å²) in [5.74, 6) is -0.276. The minimum absolute atomic E-state index is 0.0447. The van der Waals surface area contributed by atoms with Crippen LogP contribution in [0.2, 0.25) is 0 Å². The van der Waals surface area contributed by atoms with Crippen LogP contribution >= 0.6 is 0 Å². The molecule has 1 N–H and O–H groups in total. The van der Waals surface area contributed by atoms with Crippen molar-refractivity contribution in [1.82, 2.24) is 5.32 Å². The third-order valence-corrected chi connectivity index (χ3v) is 5.07. The molecular formula is C24H34N2O3. The van der Waals surface area contributed by atoms with Crippen LogP contribution < -0.4 is 5.32 Å². The molecule has 0 aromatic heterocycles. The minimum Gasteiger partial charge on any atom is -0.463 e. The van der Waals surface area contributed by atoms with Crippen LogP contribution in [0.1, 0.15) is 45.6 Å². The molecule has 1 aliphatic rings. The SMILES string of the molecule is C=CCN[C@H]1CC(C(=O)OCC)=C[C@@H](OC(CC)CC)[C@@H]1N=Cc1ccccc1. The van der Waals surface area contributed by atoms with Gasteiger partial charge in [0.05, 0.1) is 18.8 Å². The highest BCUT2D eigenvalue weighted by Crippen LogP contribution is 2.27. The van der Waals surface area contributed by atoms with Gasteiger partial charge in [0.2, 0.25) is 0 Å². The number of carbonyl (C=O) groups excluding carboxylic acids is 1. The fourth-order valence-corrected chi connectivity index (χ4v) is 3.48. The first-order valence-electron chi connectivity index (χ1n) is 10.6. The predicted molar refractivity (Wildman–Crippen MR) is 118 cm³/mol. The van der Waals surface area contributed by atoms with Gasteiger partial charge in [-0.05, 0) is 37.8 Å². The van der Waals surface area contributed by atoms with Crippen LogP contribution in [0.3, 0.4) is 0 Å². The van der Waals surface area contributed by atoms with Crippen LogP contribution in [0.5, 0.6) is 0 Å². The molecule has 2 rings (SSSR count). The van der Waals surface area contributed by atoms with Crippen molar-refractivity contribution in [2.75, 3.05) is 13.2 Å². The molecule has 0 aliphatic heterocycles. The topological polar surface area (TPSA) is 59.9 Å². The van der Waals surface area contributed by atoms with E-state index in [1.165, 1.54) is 0 Å². The maximum atomic E-state index is 12.4. The van der Waals surface area contributed by atoms with Gasteiger partial charge in [-0.2, -0.15) is 0 Å². The average molecular weight is 399 g/mol. The van der Waals surface area contributed by atoms with Crippen LogP contribution in [0.15, 0.2) is 59.6 Å². The van der Waals surface area contributed by atoms with Crippen LogP contribution in [-0.2, 0) is 14.3 Å². The Labute approximate surface area is 174 Å². The Morgan fingerprint density at radius 3 is 2.62 bits per heavy atom. The van der Waals surface area contributed by atoms with Gasteiger partial charge in [0.1, 0.15) is 6.10 Å². The van der Waals surface area contributed by atoms with E-state index in [0.717, 1.165) is 18.4 Å². The molecule has 0 radical (unpaired) electrons. The number of carbonyl (C=O) groups is 1. The lowest BCUT2D eigenvalue weighted by molar-refractivity contribution is -0.139. The smallest absolute Gasteiger partial charge is 0.333 e. The summed E-state index contributed by atoms with van der Waals surface area (Å²) >= 11 is 0. The molecule has 0 heterocycles. The van der Waals surface area contributed by atoms with E-state index in [4.69, 9.17) is 14.5 Å². The van der Waals surface area contributed by atoms with E-state index in [1.807, 2.05) is 55.6 Å². The number of hydrogen-bond acceptors (Lipinski definition) is 5. The minimum atomic E-state index is -0.296. The average Bonchev–Trinajstić information content (AvgIpc) is 2.75. The Balaban J connectivity index is 2.35. The second-order valence-electron chi connectivity index (χ2n) is 7.14. The lowest BCUT2D eigenvalue weighted by Crippen LogP contribution is -2.50. The maximum absolute atomic E-state index is 12.4. The van der Waals surface area contributed by atoms with Crippen molar-refractivity contribution < 1.29 is 14.3 Å². The quantitative estimate of drug-likeness (QED) is 0.347. The van der Waals surface area contributed by atoms with Crippen molar-refractivity contribution in [3.8, 4) is 0 Å². The number of nitrogens with one attached hydrogen (secondary N) is 1. The molecule has 29 heavy (non-hydrogen) atoms. The standard InChI is InChI=1S/C24H34N2O3/c1-5-14-25-21-15-19(24(27)28-8-4)16-22(29-20(6-2)7-3)23(21)26-17-18-12-10-9-11-13-18/h5,9-13,16-17,20-23,25H,1,6-8,14-15H2,2-4H3/t21-,22+,23+/m0/s1. The Morgan fingerprint density at radius 2 is 2.00 bits per heavy atom. The van der Waals surface area contributed by atoms with Crippen molar-refractivity contribution in [2.45, 2.75) is 64.3 Å². The van der Waals surface area contributed by atoms with Gasteiger partial charge in [-0.3, -0.25) is 4.99 Å². The van der Waals surface area contributed by atoms with Gasteiger partial charge < -0.3 is 14.8 Å². The van der Waals surface area contributed by atoms with E-state index >= 15 is 0 Å². The third kappa shape index (κ3) is 6.94. The number of nitrogens with zero attached hydrogens (tertiary/aromatic N) is 1. The molecule has 3 atom stereocenters. The summed E-state index contributed by atoms with van der Waals surface area (Å²) in [5, 5.41) is 3.46. The second-order valence-corrected chi connectivity index (χ2v) is 7.14. The van der Waals surface area contributed by atoms with Crippen molar-refractivity contribution >= 4 is 12.2 Å². The zero-order valence-corrected chi connectivity index (χ0v) is 17.8. The summed E-state index contributed by atoms with van der Waals surface area (Å²) in [7, 11) is 0. The van der Waals surface area contributed by atoms with Gasteiger partial charge in [-0.15, -0.1) is 6.58 Å². The first kappa shape index (κ1) is 23.0. The summed E-state index contributed by atoms with van der Waals surface area (Å²) < 4.78 is 11.7. The molecule has 1 aliphatic carbocycles. The predicted octanol–water partition coefficient (Wildman–Crippen LogP) is 4.09. The van der Waals surface area contributed by atoms with Crippen LogP contribution in [0.4, 0.5) is 0 Å². The van der Waals surface area contributed by atoms with E-state index in [9.17, 15) is 4.79 Å². The summed E-state index contributed by atoms with van der Waals surface area (Å²) in [4.78, 5) is 17.3. The summed E-state index contributed by atoms with van der Waals surface area (Å²) in [5.41, 5.74) is 1.69. The van der Waals surface area contributed by atoms with Crippen molar-refractivity contribution in [3.05, 3.63) is 60.2 Å². The molecule has 158 valence electrons. The molecule has 1 aromatic carbocycles. The highest BCUT2D eigenvalue weighted by Gasteiger charge is 2.36. The van der Waals surface area contributed by atoms with E-state index in [1.54, 1.807) is 0 Å². The number of ether oxygens (including phenoxy) is 2. The Hall–Kier alpha value is -2.24. The molecule has 0 saturated carbocycles. The molecule has 0 fully saturated rings.